The number of ether oxygens (including phenoxy) is 2. The summed E-state index contributed by atoms with van der Waals surface area (Å²) in [6.45, 7) is 12.7. The fourth-order valence-corrected chi connectivity index (χ4v) is 3.12. The molecule has 1 fully saturated rings. The van der Waals surface area contributed by atoms with Gasteiger partial charge in [-0.05, 0) is 23.8 Å². The van der Waals surface area contributed by atoms with Crippen LogP contribution < -0.4 is 14.8 Å². The lowest BCUT2D eigenvalue weighted by Gasteiger charge is -2.14. The minimum Gasteiger partial charge on any atom is -0.493 e. The van der Waals surface area contributed by atoms with Crippen LogP contribution in [-0.2, 0) is 6.54 Å². The molecule has 3 nitrogen and oxygen atoms in total. The summed E-state index contributed by atoms with van der Waals surface area (Å²) in [4.78, 5) is 0. The van der Waals surface area contributed by atoms with Crippen molar-refractivity contribution in [3.8, 4) is 11.5 Å². The van der Waals surface area contributed by atoms with E-state index in [4.69, 9.17) is 9.47 Å². The highest BCUT2D eigenvalue weighted by Crippen LogP contribution is 2.62. The van der Waals surface area contributed by atoms with E-state index in [1.54, 1.807) is 7.11 Å². The van der Waals surface area contributed by atoms with Gasteiger partial charge in [0.15, 0.2) is 11.5 Å². The number of methoxy groups -OCH3 is 1. The maximum atomic E-state index is 5.62. The minimum atomic E-state index is 0.345. The molecule has 1 aromatic rings. The number of hydrogen-bond acceptors (Lipinski definition) is 3. The first-order valence-electron chi connectivity index (χ1n) is 7.38. The molecule has 1 saturated carbocycles. The van der Waals surface area contributed by atoms with Crippen molar-refractivity contribution in [1.29, 1.82) is 0 Å². The summed E-state index contributed by atoms with van der Waals surface area (Å²) in [7, 11) is 1.70. The van der Waals surface area contributed by atoms with Gasteiger partial charge in [0.05, 0.1) is 13.7 Å². The summed E-state index contributed by atoms with van der Waals surface area (Å²) >= 11 is 0. The first kappa shape index (κ1) is 15.2. The quantitative estimate of drug-likeness (QED) is 0.861. The Morgan fingerprint density at radius 1 is 1.15 bits per heavy atom. The van der Waals surface area contributed by atoms with Crippen LogP contribution >= 0.6 is 0 Å². The molecule has 0 aliphatic heterocycles. The normalized spacial score (nSPS) is 19.7. The van der Waals surface area contributed by atoms with Gasteiger partial charge < -0.3 is 14.8 Å². The molecule has 0 radical (unpaired) electrons. The first-order valence-corrected chi connectivity index (χ1v) is 7.38. The van der Waals surface area contributed by atoms with Crippen molar-refractivity contribution >= 4 is 0 Å². The maximum absolute atomic E-state index is 5.62. The Morgan fingerprint density at radius 2 is 1.80 bits per heavy atom. The van der Waals surface area contributed by atoms with Gasteiger partial charge >= 0.3 is 0 Å². The molecule has 1 N–H and O–H groups in total. The van der Waals surface area contributed by atoms with E-state index in [0.717, 1.165) is 23.6 Å². The lowest BCUT2D eigenvalue weighted by Crippen LogP contribution is -2.22. The average molecular weight is 277 g/mol. The van der Waals surface area contributed by atoms with Crippen molar-refractivity contribution < 1.29 is 9.47 Å². The van der Waals surface area contributed by atoms with E-state index in [2.05, 4.69) is 39.1 Å². The Balaban J connectivity index is 2.09. The van der Waals surface area contributed by atoms with Crippen LogP contribution in [0, 0.1) is 10.8 Å². The number of benzene rings is 1. The zero-order valence-electron chi connectivity index (χ0n) is 13.5. The molecule has 3 heteroatoms. The summed E-state index contributed by atoms with van der Waals surface area (Å²) in [5.74, 6) is 1.67. The van der Waals surface area contributed by atoms with Crippen LogP contribution in [0.3, 0.4) is 0 Å². The first-order chi connectivity index (χ1) is 9.36. The van der Waals surface area contributed by atoms with Gasteiger partial charge in [0.2, 0.25) is 0 Å². The van der Waals surface area contributed by atoms with Gasteiger partial charge in [0.25, 0.3) is 0 Å². The fourth-order valence-electron chi connectivity index (χ4n) is 3.12. The molecule has 0 atom stereocenters. The van der Waals surface area contributed by atoms with Crippen molar-refractivity contribution in [3.05, 3.63) is 23.8 Å². The second kappa shape index (κ2) is 5.28. The zero-order chi connectivity index (χ0) is 15.0. The standard InChI is InChI=1S/C17H27NO2/c1-7-20-13-10-8-9-12(14(13)19-6)11-18-15-16(2,3)17(15,4)5/h8-10,15,18H,7,11H2,1-6H3. The maximum Gasteiger partial charge on any atom is 0.165 e. The van der Waals surface area contributed by atoms with Crippen molar-refractivity contribution in [3.63, 3.8) is 0 Å². The van der Waals surface area contributed by atoms with E-state index < -0.39 is 0 Å². The predicted octanol–water partition coefficient (Wildman–Crippen LogP) is 3.62. The van der Waals surface area contributed by atoms with E-state index in [1.807, 2.05) is 19.1 Å². The van der Waals surface area contributed by atoms with Crippen molar-refractivity contribution in [2.75, 3.05) is 13.7 Å². The molecule has 0 bridgehead atoms. The molecule has 0 heterocycles. The molecule has 0 spiro atoms. The molecular formula is C17H27NO2. The molecular weight excluding hydrogens is 250 g/mol. The van der Waals surface area contributed by atoms with Gasteiger partial charge in [0, 0.05) is 18.2 Å². The molecule has 112 valence electrons. The van der Waals surface area contributed by atoms with Crippen molar-refractivity contribution in [2.24, 2.45) is 10.8 Å². The Hall–Kier alpha value is -1.22. The second-order valence-electron chi connectivity index (χ2n) is 6.64. The summed E-state index contributed by atoms with van der Waals surface area (Å²) in [5, 5.41) is 3.66. The van der Waals surface area contributed by atoms with Gasteiger partial charge in [-0.25, -0.2) is 0 Å². The Kier molecular flexibility index (Phi) is 4.01. The molecule has 0 unspecified atom stereocenters. The second-order valence-corrected chi connectivity index (χ2v) is 6.64. The van der Waals surface area contributed by atoms with Crippen LogP contribution in [0.25, 0.3) is 0 Å². The number of rotatable bonds is 6. The third kappa shape index (κ3) is 2.39. The third-order valence-electron chi connectivity index (χ3n) is 5.08. The Bertz CT molecular complexity index is 466. The van der Waals surface area contributed by atoms with Gasteiger partial charge in [-0.3, -0.25) is 0 Å². The van der Waals surface area contributed by atoms with Gasteiger partial charge in [0.1, 0.15) is 0 Å². The highest BCUT2D eigenvalue weighted by atomic mass is 16.5. The topological polar surface area (TPSA) is 30.5 Å². The fraction of sp³-hybridized carbons (Fsp3) is 0.647. The molecule has 0 amide bonds. The largest absolute Gasteiger partial charge is 0.493 e. The predicted molar refractivity (Wildman–Crippen MR) is 82.4 cm³/mol. The number of nitrogens with one attached hydrogen (secondary N) is 1. The lowest BCUT2D eigenvalue weighted by molar-refractivity contribution is 0.308. The van der Waals surface area contributed by atoms with Crippen LogP contribution in [0.5, 0.6) is 11.5 Å². The van der Waals surface area contributed by atoms with E-state index in [0.29, 0.717) is 23.5 Å². The van der Waals surface area contributed by atoms with E-state index in [9.17, 15) is 0 Å². The number of para-hydroxylation sites is 1. The van der Waals surface area contributed by atoms with Crippen LogP contribution in [0.2, 0.25) is 0 Å². The molecule has 0 aromatic heterocycles. The molecule has 1 aliphatic carbocycles. The van der Waals surface area contributed by atoms with Crippen LogP contribution in [-0.4, -0.2) is 19.8 Å². The Labute approximate surface area is 122 Å². The van der Waals surface area contributed by atoms with E-state index >= 15 is 0 Å². The number of hydrogen-bond donors (Lipinski definition) is 1. The minimum absolute atomic E-state index is 0.345. The smallest absolute Gasteiger partial charge is 0.165 e. The molecule has 1 aliphatic rings. The van der Waals surface area contributed by atoms with E-state index in [1.165, 1.54) is 0 Å². The summed E-state index contributed by atoms with van der Waals surface area (Å²) < 4.78 is 11.1. The molecule has 20 heavy (non-hydrogen) atoms. The third-order valence-corrected chi connectivity index (χ3v) is 5.08. The molecule has 1 aromatic carbocycles. The van der Waals surface area contributed by atoms with Crippen molar-refractivity contribution in [2.45, 2.75) is 47.2 Å². The molecule has 0 saturated heterocycles. The SMILES string of the molecule is CCOc1cccc(CNC2C(C)(C)C2(C)C)c1OC. The van der Waals surface area contributed by atoms with Crippen LogP contribution in [0.15, 0.2) is 18.2 Å². The van der Waals surface area contributed by atoms with Gasteiger partial charge in [-0.15, -0.1) is 0 Å². The summed E-state index contributed by atoms with van der Waals surface area (Å²) in [6.07, 6.45) is 0. The Morgan fingerprint density at radius 3 is 2.30 bits per heavy atom. The highest BCUT2D eigenvalue weighted by Gasteiger charge is 2.64. The van der Waals surface area contributed by atoms with Crippen molar-refractivity contribution in [1.82, 2.24) is 5.32 Å². The average Bonchev–Trinajstić information content (AvgIpc) is 2.77. The van der Waals surface area contributed by atoms with Crippen LogP contribution in [0.1, 0.15) is 40.2 Å². The van der Waals surface area contributed by atoms with Gasteiger partial charge in [-0.2, -0.15) is 0 Å². The molecule has 2 rings (SSSR count). The lowest BCUT2D eigenvalue weighted by atomic mass is 10.0. The monoisotopic (exact) mass is 277 g/mol. The van der Waals surface area contributed by atoms with Crippen LogP contribution in [0.4, 0.5) is 0 Å². The summed E-state index contributed by atoms with van der Waals surface area (Å²) in [5.41, 5.74) is 1.84. The summed E-state index contributed by atoms with van der Waals surface area (Å²) in [6, 6.07) is 6.61. The highest BCUT2D eigenvalue weighted by molar-refractivity contribution is 5.46. The zero-order valence-corrected chi connectivity index (χ0v) is 13.5. The van der Waals surface area contributed by atoms with Gasteiger partial charge in [-0.1, -0.05) is 39.8 Å². The van der Waals surface area contributed by atoms with E-state index in [-0.39, 0.29) is 0 Å².